The largest absolute Gasteiger partial charge is 0.496 e. The number of benzene rings is 1. The number of ether oxygens (including phenoxy) is 1. The summed E-state index contributed by atoms with van der Waals surface area (Å²) >= 11 is 6.00. The van der Waals surface area contributed by atoms with Crippen molar-refractivity contribution in [1.82, 2.24) is 9.80 Å². The van der Waals surface area contributed by atoms with Crippen molar-refractivity contribution in [2.45, 2.75) is 12.5 Å². The van der Waals surface area contributed by atoms with Gasteiger partial charge in [0, 0.05) is 37.2 Å². The number of methoxy groups -OCH3 is 1. The van der Waals surface area contributed by atoms with E-state index in [1.54, 1.807) is 23.1 Å². The third kappa shape index (κ3) is 3.68. The fraction of sp³-hybridized carbons (Fsp3) is 0.562. The van der Waals surface area contributed by atoms with Crippen molar-refractivity contribution < 1.29 is 17.9 Å². The molecule has 1 aromatic carbocycles. The van der Waals surface area contributed by atoms with Crippen LogP contribution in [0.5, 0.6) is 5.75 Å². The molecule has 0 bridgehead atoms. The highest BCUT2D eigenvalue weighted by Crippen LogP contribution is 2.25. The number of rotatable bonds is 3. The Morgan fingerprint density at radius 2 is 1.96 bits per heavy atom. The number of hydrogen-bond donors (Lipinski definition) is 0. The molecule has 1 amide bonds. The topological polar surface area (TPSA) is 66.9 Å². The van der Waals surface area contributed by atoms with Gasteiger partial charge in [-0.2, -0.15) is 0 Å². The highest BCUT2D eigenvalue weighted by Gasteiger charge is 2.34. The molecule has 3 rings (SSSR count). The van der Waals surface area contributed by atoms with E-state index in [9.17, 15) is 13.2 Å². The van der Waals surface area contributed by atoms with E-state index < -0.39 is 9.84 Å². The van der Waals surface area contributed by atoms with Gasteiger partial charge in [0.15, 0.2) is 9.84 Å². The maximum Gasteiger partial charge on any atom is 0.257 e. The van der Waals surface area contributed by atoms with Crippen LogP contribution in [0, 0.1) is 0 Å². The van der Waals surface area contributed by atoms with Gasteiger partial charge in [-0.05, 0) is 24.6 Å². The lowest BCUT2D eigenvalue weighted by molar-refractivity contribution is 0.0585. The van der Waals surface area contributed by atoms with Crippen molar-refractivity contribution >= 4 is 27.3 Å². The lowest BCUT2D eigenvalue weighted by Gasteiger charge is -2.37. The Morgan fingerprint density at radius 1 is 1.25 bits per heavy atom. The van der Waals surface area contributed by atoms with E-state index in [1.165, 1.54) is 7.11 Å². The summed E-state index contributed by atoms with van der Waals surface area (Å²) in [7, 11) is -1.36. The first kappa shape index (κ1) is 17.5. The number of carbonyl (C=O) groups is 1. The fourth-order valence-electron chi connectivity index (χ4n) is 3.37. The molecule has 8 heteroatoms. The van der Waals surface area contributed by atoms with Crippen molar-refractivity contribution in [3.05, 3.63) is 28.8 Å². The van der Waals surface area contributed by atoms with Gasteiger partial charge >= 0.3 is 0 Å². The van der Waals surface area contributed by atoms with Gasteiger partial charge < -0.3 is 9.64 Å². The Kier molecular flexibility index (Phi) is 5.03. The maximum atomic E-state index is 12.7. The molecule has 0 spiro atoms. The molecule has 1 atom stereocenters. The molecule has 2 heterocycles. The summed E-state index contributed by atoms with van der Waals surface area (Å²) in [5.41, 5.74) is 0.460. The van der Waals surface area contributed by atoms with E-state index in [1.807, 2.05) is 0 Å². The maximum absolute atomic E-state index is 12.7. The van der Waals surface area contributed by atoms with Gasteiger partial charge in [0.05, 0.1) is 24.2 Å². The van der Waals surface area contributed by atoms with Gasteiger partial charge in [0.2, 0.25) is 0 Å². The Morgan fingerprint density at radius 3 is 2.54 bits per heavy atom. The Bertz CT molecular complexity index is 730. The molecule has 2 saturated heterocycles. The van der Waals surface area contributed by atoms with Crippen molar-refractivity contribution in [3.8, 4) is 5.75 Å². The second-order valence-corrected chi connectivity index (χ2v) is 8.89. The Labute approximate surface area is 147 Å². The summed E-state index contributed by atoms with van der Waals surface area (Å²) in [5, 5.41) is 0.494. The van der Waals surface area contributed by atoms with Crippen LogP contribution in [0.2, 0.25) is 5.02 Å². The highest BCUT2D eigenvalue weighted by molar-refractivity contribution is 7.91. The van der Waals surface area contributed by atoms with E-state index in [0.29, 0.717) is 48.9 Å². The molecule has 0 aromatic heterocycles. The number of halogens is 1. The molecule has 0 N–H and O–H groups in total. The molecule has 132 valence electrons. The summed E-state index contributed by atoms with van der Waals surface area (Å²) in [6, 6.07) is 5.09. The number of hydrogen-bond acceptors (Lipinski definition) is 5. The third-order valence-electron chi connectivity index (χ3n) is 4.72. The predicted molar refractivity (Wildman–Crippen MR) is 92.5 cm³/mol. The average molecular weight is 373 g/mol. The summed E-state index contributed by atoms with van der Waals surface area (Å²) in [6.07, 6.45) is 0.693. The van der Waals surface area contributed by atoms with Gasteiger partial charge in [0.25, 0.3) is 5.91 Å². The van der Waals surface area contributed by atoms with Gasteiger partial charge in [-0.25, -0.2) is 8.42 Å². The van der Waals surface area contributed by atoms with Crippen molar-refractivity contribution in [2.75, 3.05) is 44.8 Å². The molecule has 2 aliphatic rings. The first-order valence-electron chi connectivity index (χ1n) is 7.97. The normalized spacial score (nSPS) is 24.1. The second-order valence-electron chi connectivity index (χ2n) is 6.23. The van der Waals surface area contributed by atoms with E-state index in [4.69, 9.17) is 16.3 Å². The fourth-order valence-corrected chi connectivity index (χ4v) is 5.30. The molecule has 0 radical (unpaired) electrons. The zero-order chi connectivity index (χ0) is 17.3. The lowest BCUT2D eigenvalue weighted by atomic mass is 10.1. The van der Waals surface area contributed by atoms with Gasteiger partial charge in [0.1, 0.15) is 5.75 Å². The van der Waals surface area contributed by atoms with Crippen LogP contribution in [0.15, 0.2) is 18.2 Å². The highest BCUT2D eigenvalue weighted by atomic mass is 35.5. The number of amides is 1. The van der Waals surface area contributed by atoms with Gasteiger partial charge in [-0.3, -0.25) is 9.69 Å². The van der Waals surface area contributed by atoms with Crippen LogP contribution >= 0.6 is 11.6 Å². The summed E-state index contributed by atoms with van der Waals surface area (Å²) in [6.45, 7) is 2.53. The van der Waals surface area contributed by atoms with Crippen LogP contribution in [0.25, 0.3) is 0 Å². The number of piperazine rings is 1. The van der Waals surface area contributed by atoms with E-state index in [-0.39, 0.29) is 23.5 Å². The molecular weight excluding hydrogens is 352 g/mol. The second kappa shape index (κ2) is 6.90. The van der Waals surface area contributed by atoms with Crippen LogP contribution in [-0.4, -0.2) is 75.0 Å². The molecular formula is C16H21ClN2O4S. The number of nitrogens with zero attached hydrogens (tertiary/aromatic N) is 2. The SMILES string of the molecule is COc1ccc(Cl)cc1C(=O)N1CCN([C@@H]2CCS(=O)(=O)C2)CC1. The van der Waals surface area contributed by atoms with Crippen molar-refractivity contribution in [1.29, 1.82) is 0 Å². The number of carbonyl (C=O) groups excluding carboxylic acids is 1. The summed E-state index contributed by atoms with van der Waals surface area (Å²) in [4.78, 5) is 16.7. The Hall–Kier alpha value is -1.31. The smallest absolute Gasteiger partial charge is 0.257 e. The van der Waals surface area contributed by atoms with Crippen LogP contribution in [0.1, 0.15) is 16.8 Å². The minimum absolute atomic E-state index is 0.0907. The standard InChI is InChI=1S/C16H21ClN2O4S/c1-23-15-3-2-12(17)10-14(15)16(20)19-7-5-18(6-8-19)13-4-9-24(21,22)11-13/h2-3,10,13H,4-9,11H2,1H3/t13-/m1/s1. The zero-order valence-corrected chi connectivity index (χ0v) is 15.1. The van der Waals surface area contributed by atoms with E-state index in [0.717, 1.165) is 0 Å². The quantitative estimate of drug-likeness (QED) is 0.800. The van der Waals surface area contributed by atoms with Gasteiger partial charge in [-0.15, -0.1) is 0 Å². The average Bonchev–Trinajstić information content (AvgIpc) is 2.94. The van der Waals surface area contributed by atoms with E-state index >= 15 is 0 Å². The Balaban J connectivity index is 1.65. The molecule has 1 aromatic rings. The van der Waals surface area contributed by atoms with Crippen molar-refractivity contribution in [3.63, 3.8) is 0 Å². The molecule has 0 unspecified atom stereocenters. The minimum atomic E-state index is -2.88. The van der Waals surface area contributed by atoms with Crippen LogP contribution in [0.4, 0.5) is 0 Å². The number of sulfone groups is 1. The first-order chi connectivity index (χ1) is 11.4. The predicted octanol–water partition coefficient (Wildman–Crippen LogP) is 1.29. The minimum Gasteiger partial charge on any atom is -0.496 e. The molecule has 2 aliphatic heterocycles. The molecule has 2 fully saturated rings. The molecule has 0 aliphatic carbocycles. The lowest BCUT2D eigenvalue weighted by Crippen LogP contribution is -2.52. The van der Waals surface area contributed by atoms with Crippen LogP contribution in [-0.2, 0) is 9.84 Å². The van der Waals surface area contributed by atoms with Crippen LogP contribution < -0.4 is 4.74 Å². The summed E-state index contributed by atoms with van der Waals surface area (Å²) < 4.78 is 28.5. The van der Waals surface area contributed by atoms with Gasteiger partial charge in [-0.1, -0.05) is 11.6 Å². The zero-order valence-electron chi connectivity index (χ0n) is 13.6. The van der Waals surface area contributed by atoms with Crippen LogP contribution in [0.3, 0.4) is 0 Å². The molecule has 24 heavy (non-hydrogen) atoms. The third-order valence-corrected chi connectivity index (χ3v) is 6.70. The molecule has 6 nitrogen and oxygen atoms in total. The monoisotopic (exact) mass is 372 g/mol. The van der Waals surface area contributed by atoms with E-state index in [2.05, 4.69) is 4.90 Å². The molecule has 0 saturated carbocycles. The van der Waals surface area contributed by atoms with Crippen molar-refractivity contribution in [2.24, 2.45) is 0 Å². The summed E-state index contributed by atoms with van der Waals surface area (Å²) in [5.74, 6) is 0.918. The first-order valence-corrected chi connectivity index (χ1v) is 10.2.